The lowest BCUT2D eigenvalue weighted by Crippen LogP contribution is -2.30. The predicted octanol–water partition coefficient (Wildman–Crippen LogP) is 3.98. The first-order valence-electron chi connectivity index (χ1n) is 8.82. The summed E-state index contributed by atoms with van der Waals surface area (Å²) in [5, 5.41) is 8.16. The molecule has 140 valence electrons. The van der Waals surface area contributed by atoms with Crippen LogP contribution in [-0.4, -0.2) is 28.8 Å². The van der Waals surface area contributed by atoms with E-state index in [1.807, 2.05) is 67.0 Å². The summed E-state index contributed by atoms with van der Waals surface area (Å²) in [6, 6.07) is 13.9. The fraction of sp³-hybridized carbons (Fsp3) is 0.227. The van der Waals surface area contributed by atoms with Crippen LogP contribution in [-0.2, 0) is 12.8 Å². The zero-order chi connectivity index (χ0) is 19.6. The van der Waals surface area contributed by atoms with E-state index in [4.69, 9.17) is 28.3 Å². The van der Waals surface area contributed by atoms with Gasteiger partial charge in [-0.2, -0.15) is 5.10 Å². The summed E-state index contributed by atoms with van der Waals surface area (Å²) in [5.74, 6) is 0. The Kier molecular flexibility index (Phi) is 5.93. The summed E-state index contributed by atoms with van der Waals surface area (Å²) in [6.07, 6.45) is 3.62. The van der Waals surface area contributed by atoms with Gasteiger partial charge in [-0.05, 0) is 49.1 Å². The number of hydrogen-bond donors (Lipinski definition) is 0. The Morgan fingerprint density at radius 3 is 2.44 bits per heavy atom. The molecule has 0 saturated heterocycles. The van der Waals surface area contributed by atoms with E-state index in [0.29, 0.717) is 10.0 Å². The zero-order valence-corrected chi connectivity index (χ0v) is 17.3. The molecule has 2 aromatic carbocycles. The molecule has 0 aliphatic heterocycles. The summed E-state index contributed by atoms with van der Waals surface area (Å²) in [7, 11) is 4.00. The molecule has 0 bridgehead atoms. The fourth-order valence-corrected chi connectivity index (χ4v) is 3.53. The maximum Gasteiger partial charge on any atom is 0.0725 e. The van der Waals surface area contributed by atoms with E-state index in [0.717, 1.165) is 45.9 Å². The number of benzene rings is 2. The van der Waals surface area contributed by atoms with E-state index in [2.05, 4.69) is 18.8 Å². The molecule has 0 amide bonds. The van der Waals surface area contributed by atoms with Crippen molar-refractivity contribution in [1.29, 1.82) is 0 Å². The maximum atomic E-state index is 6.39. The second kappa shape index (κ2) is 8.20. The third-order valence-electron chi connectivity index (χ3n) is 4.45. The van der Waals surface area contributed by atoms with E-state index in [-0.39, 0.29) is 0 Å². The van der Waals surface area contributed by atoms with Gasteiger partial charge in [0.05, 0.1) is 16.7 Å². The van der Waals surface area contributed by atoms with Gasteiger partial charge in [-0.15, -0.1) is 0 Å². The second-order valence-electron chi connectivity index (χ2n) is 6.84. The first-order chi connectivity index (χ1) is 12.9. The molecule has 0 spiro atoms. The molecule has 5 heteroatoms. The van der Waals surface area contributed by atoms with Crippen LogP contribution in [0.2, 0.25) is 10.0 Å². The number of rotatable bonds is 5. The standard InChI is InChI=1S/C22H23Cl2N3/c1-15-12-17(21(24)13-20(15)23)10-11-22-19(14-26(3)4)16(2)27(25-22)18-8-6-5-7-9-18/h5-9,12-14H,2,10-11H2,1,3-4H3/b19-14-. The lowest BCUT2D eigenvalue weighted by molar-refractivity contribution is 0.613. The Hall–Kier alpha value is -2.23. The smallest absolute Gasteiger partial charge is 0.0725 e. The van der Waals surface area contributed by atoms with Crippen LogP contribution in [0.25, 0.3) is 18.5 Å². The number of nitrogens with zero attached hydrogens (tertiary/aromatic N) is 3. The largest absolute Gasteiger partial charge is 0.383 e. The summed E-state index contributed by atoms with van der Waals surface area (Å²) in [6.45, 7) is 6.26. The van der Waals surface area contributed by atoms with Crippen LogP contribution in [0.3, 0.4) is 0 Å². The van der Waals surface area contributed by atoms with E-state index < -0.39 is 0 Å². The van der Waals surface area contributed by atoms with Gasteiger partial charge >= 0.3 is 0 Å². The molecule has 0 fully saturated rings. The van der Waals surface area contributed by atoms with Crippen LogP contribution in [0, 0.1) is 6.92 Å². The van der Waals surface area contributed by atoms with Crippen molar-refractivity contribution in [3.05, 3.63) is 79.9 Å². The van der Waals surface area contributed by atoms with E-state index in [9.17, 15) is 0 Å². The van der Waals surface area contributed by atoms with Crippen LogP contribution < -0.4 is 10.6 Å². The second-order valence-corrected chi connectivity index (χ2v) is 7.65. The molecule has 0 atom stereocenters. The SMILES string of the molecule is C=c1/c(=C/N(C)C)c(CCc2cc(C)c(Cl)cc2Cl)nn1-c1ccccc1. The Morgan fingerprint density at radius 1 is 1.07 bits per heavy atom. The van der Waals surface area contributed by atoms with Crippen molar-refractivity contribution in [2.75, 3.05) is 14.1 Å². The van der Waals surface area contributed by atoms with Crippen LogP contribution in [0.5, 0.6) is 0 Å². The molecule has 27 heavy (non-hydrogen) atoms. The molecular formula is C22H23Cl2N3. The van der Waals surface area contributed by atoms with Crippen LogP contribution in [0.1, 0.15) is 16.8 Å². The van der Waals surface area contributed by atoms with Crippen molar-refractivity contribution in [3.8, 4) is 5.69 Å². The minimum absolute atomic E-state index is 0.693. The lowest BCUT2D eigenvalue weighted by Gasteiger charge is -2.07. The van der Waals surface area contributed by atoms with E-state index in [1.54, 1.807) is 0 Å². The van der Waals surface area contributed by atoms with Crippen molar-refractivity contribution in [2.24, 2.45) is 0 Å². The van der Waals surface area contributed by atoms with E-state index >= 15 is 0 Å². The zero-order valence-electron chi connectivity index (χ0n) is 15.8. The number of hydrogen-bond acceptors (Lipinski definition) is 2. The van der Waals surface area contributed by atoms with Gasteiger partial charge in [0.15, 0.2) is 0 Å². The van der Waals surface area contributed by atoms with E-state index in [1.165, 1.54) is 0 Å². The Balaban J connectivity index is 2.00. The van der Waals surface area contributed by atoms with Gasteiger partial charge in [0.1, 0.15) is 0 Å². The average Bonchev–Trinajstić information content (AvgIpc) is 2.93. The van der Waals surface area contributed by atoms with Gasteiger partial charge in [-0.3, -0.25) is 0 Å². The monoisotopic (exact) mass is 399 g/mol. The molecule has 0 N–H and O–H groups in total. The molecule has 3 aromatic rings. The quantitative estimate of drug-likeness (QED) is 0.646. The van der Waals surface area contributed by atoms with Crippen LogP contribution in [0.4, 0.5) is 0 Å². The molecule has 3 nitrogen and oxygen atoms in total. The highest BCUT2D eigenvalue weighted by atomic mass is 35.5. The Morgan fingerprint density at radius 2 is 1.78 bits per heavy atom. The number of para-hydroxylation sites is 1. The highest BCUT2D eigenvalue weighted by molar-refractivity contribution is 6.35. The van der Waals surface area contributed by atoms with Crippen molar-refractivity contribution in [2.45, 2.75) is 19.8 Å². The van der Waals surface area contributed by atoms with Gasteiger partial charge in [-0.25, -0.2) is 4.68 Å². The molecular weight excluding hydrogens is 377 g/mol. The maximum absolute atomic E-state index is 6.39. The third kappa shape index (κ3) is 4.37. The van der Waals surface area contributed by atoms with Crippen molar-refractivity contribution in [3.63, 3.8) is 0 Å². The normalized spacial score (nSPS) is 11.8. The highest BCUT2D eigenvalue weighted by Crippen LogP contribution is 2.25. The number of aromatic nitrogens is 2. The van der Waals surface area contributed by atoms with Crippen LogP contribution >= 0.6 is 23.2 Å². The molecule has 0 aliphatic rings. The van der Waals surface area contributed by atoms with Crippen LogP contribution in [0.15, 0.2) is 42.5 Å². The average molecular weight is 400 g/mol. The molecule has 0 unspecified atom stereocenters. The van der Waals surface area contributed by atoms with Gasteiger partial charge in [0.2, 0.25) is 0 Å². The van der Waals surface area contributed by atoms with Gasteiger partial charge in [-0.1, -0.05) is 54.0 Å². The topological polar surface area (TPSA) is 21.1 Å². The van der Waals surface area contributed by atoms with Crippen molar-refractivity contribution >= 4 is 36.0 Å². The van der Waals surface area contributed by atoms with Gasteiger partial charge in [0.25, 0.3) is 0 Å². The molecule has 0 aliphatic carbocycles. The van der Waals surface area contributed by atoms with Gasteiger partial charge in [0, 0.05) is 35.6 Å². The summed E-state index contributed by atoms with van der Waals surface area (Å²) < 4.78 is 1.90. The first kappa shape index (κ1) is 19.5. The summed E-state index contributed by atoms with van der Waals surface area (Å²) >= 11 is 12.5. The van der Waals surface area contributed by atoms with Crippen molar-refractivity contribution < 1.29 is 0 Å². The molecule has 1 heterocycles. The predicted molar refractivity (Wildman–Crippen MR) is 115 cm³/mol. The third-order valence-corrected chi connectivity index (χ3v) is 5.20. The Labute approximate surface area is 170 Å². The molecule has 1 aromatic heterocycles. The number of halogens is 2. The summed E-state index contributed by atoms with van der Waals surface area (Å²) in [5.41, 5.74) is 4.11. The fourth-order valence-electron chi connectivity index (χ4n) is 3.05. The number of aryl methyl sites for hydroxylation is 3. The lowest BCUT2D eigenvalue weighted by atomic mass is 10.0. The van der Waals surface area contributed by atoms with Gasteiger partial charge < -0.3 is 4.90 Å². The molecule has 0 saturated carbocycles. The minimum Gasteiger partial charge on any atom is -0.383 e. The molecule has 3 rings (SSSR count). The first-order valence-corrected chi connectivity index (χ1v) is 9.57. The molecule has 0 radical (unpaired) electrons. The highest BCUT2D eigenvalue weighted by Gasteiger charge is 2.11. The minimum atomic E-state index is 0.693. The van der Waals surface area contributed by atoms with Crippen molar-refractivity contribution in [1.82, 2.24) is 14.7 Å². The summed E-state index contributed by atoms with van der Waals surface area (Å²) in [4.78, 5) is 2.02. The Bertz CT molecular complexity index is 1050.